The molecule has 1 aliphatic heterocycles. The van der Waals surface area contributed by atoms with Crippen LogP contribution in [0.5, 0.6) is 5.75 Å². The number of ether oxygens (including phenoxy) is 1. The Labute approximate surface area is 152 Å². The topological polar surface area (TPSA) is 50.8 Å². The van der Waals surface area contributed by atoms with Gasteiger partial charge in [0.2, 0.25) is 0 Å². The van der Waals surface area contributed by atoms with Crippen LogP contribution in [-0.2, 0) is 0 Å². The molecule has 2 rings (SSSR count). The van der Waals surface area contributed by atoms with Gasteiger partial charge in [0, 0.05) is 29.6 Å². The van der Waals surface area contributed by atoms with Crippen molar-refractivity contribution in [2.24, 2.45) is 10.7 Å². The molecular formula is C14H21ClIN3OS. The molecule has 1 unspecified atom stereocenters. The van der Waals surface area contributed by atoms with Crippen molar-refractivity contribution in [2.45, 2.75) is 13.0 Å². The maximum absolute atomic E-state index is 6.00. The van der Waals surface area contributed by atoms with Gasteiger partial charge in [-0.15, -0.1) is 24.0 Å². The molecule has 4 nitrogen and oxygen atoms in total. The van der Waals surface area contributed by atoms with Crippen molar-refractivity contribution in [1.29, 1.82) is 0 Å². The number of nitrogens with zero attached hydrogens (tertiary/aromatic N) is 2. The van der Waals surface area contributed by atoms with Crippen molar-refractivity contribution >= 4 is 53.3 Å². The number of rotatable bonds is 4. The Hall–Kier alpha value is -0.340. The predicted octanol–water partition coefficient (Wildman–Crippen LogP) is 3.09. The molecule has 21 heavy (non-hydrogen) atoms. The van der Waals surface area contributed by atoms with Crippen molar-refractivity contribution < 1.29 is 4.74 Å². The van der Waals surface area contributed by atoms with Gasteiger partial charge in [-0.2, -0.15) is 11.8 Å². The summed E-state index contributed by atoms with van der Waals surface area (Å²) in [5, 5.41) is 0.670. The molecule has 1 aromatic rings. The van der Waals surface area contributed by atoms with Crippen LogP contribution in [0.15, 0.2) is 29.3 Å². The van der Waals surface area contributed by atoms with Gasteiger partial charge >= 0.3 is 0 Å². The third-order valence-electron chi connectivity index (χ3n) is 2.98. The second-order valence-corrected chi connectivity index (χ2v) is 6.35. The second kappa shape index (κ2) is 9.63. The van der Waals surface area contributed by atoms with E-state index in [0.717, 1.165) is 30.3 Å². The molecule has 0 aromatic heterocycles. The van der Waals surface area contributed by atoms with Crippen LogP contribution in [-0.4, -0.2) is 48.1 Å². The highest BCUT2D eigenvalue weighted by Crippen LogP contribution is 2.18. The highest BCUT2D eigenvalue weighted by atomic mass is 127. The highest BCUT2D eigenvalue weighted by Gasteiger charge is 2.12. The first-order valence-corrected chi connectivity index (χ1v) is 8.23. The quantitative estimate of drug-likeness (QED) is 0.443. The third-order valence-corrected chi connectivity index (χ3v) is 4.16. The van der Waals surface area contributed by atoms with E-state index in [-0.39, 0.29) is 30.1 Å². The van der Waals surface area contributed by atoms with E-state index in [2.05, 4.69) is 9.89 Å². The molecule has 0 aliphatic carbocycles. The van der Waals surface area contributed by atoms with E-state index < -0.39 is 0 Å². The van der Waals surface area contributed by atoms with Crippen LogP contribution in [0.4, 0.5) is 0 Å². The molecule has 0 radical (unpaired) electrons. The van der Waals surface area contributed by atoms with Crippen LogP contribution in [0.25, 0.3) is 0 Å². The molecule has 1 atom stereocenters. The van der Waals surface area contributed by atoms with Crippen molar-refractivity contribution in [2.75, 3.05) is 31.1 Å². The second-order valence-electron chi connectivity index (χ2n) is 4.68. The van der Waals surface area contributed by atoms with Crippen LogP contribution in [0.3, 0.4) is 0 Å². The Balaban J connectivity index is 0.00000220. The summed E-state index contributed by atoms with van der Waals surface area (Å²) >= 11 is 7.88. The zero-order valence-electron chi connectivity index (χ0n) is 12.0. The summed E-state index contributed by atoms with van der Waals surface area (Å²) in [5.74, 6) is 3.61. The van der Waals surface area contributed by atoms with Gasteiger partial charge in [0.05, 0.1) is 6.54 Å². The Bertz CT molecular complexity index is 469. The van der Waals surface area contributed by atoms with Crippen LogP contribution in [0, 0.1) is 0 Å². The maximum atomic E-state index is 6.00. The van der Waals surface area contributed by atoms with Crippen LogP contribution in [0.1, 0.15) is 6.92 Å². The standard InChI is InChI=1S/C14H20ClN3OS.HI/c1-11(19-13-4-2-3-12(15)9-13)10-17-14(16)18-5-7-20-8-6-18;/h2-4,9,11H,5-8,10H2,1H3,(H2,16,17);1H. The van der Waals surface area contributed by atoms with E-state index >= 15 is 0 Å². The number of benzene rings is 1. The normalized spacial score (nSPS) is 17.0. The molecular weight excluding hydrogens is 421 g/mol. The zero-order chi connectivity index (χ0) is 14.4. The van der Waals surface area contributed by atoms with E-state index in [4.69, 9.17) is 22.1 Å². The fourth-order valence-corrected chi connectivity index (χ4v) is 3.01. The van der Waals surface area contributed by atoms with Gasteiger partial charge in [-0.3, -0.25) is 0 Å². The van der Waals surface area contributed by atoms with Gasteiger partial charge < -0.3 is 15.4 Å². The predicted molar refractivity (Wildman–Crippen MR) is 102 cm³/mol. The van der Waals surface area contributed by atoms with Gasteiger partial charge in [0.1, 0.15) is 11.9 Å². The first kappa shape index (κ1) is 18.7. The molecule has 1 saturated heterocycles. The number of nitrogens with two attached hydrogens (primary N) is 1. The molecule has 2 N–H and O–H groups in total. The molecule has 118 valence electrons. The average Bonchev–Trinajstić information content (AvgIpc) is 2.46. The van der Waals surface area contributed by atoms with Crippen LogP contribution >= 0.6 is 47.3 Å². The average molecular weight is 442 g/mol. The highest BCUT2D eigenvalue weighted by molar-refractivity contribution is 14.0. The molecule has 1 heterocycles. The lowest BCUT2D eigenvalue weighted by Gasteiger charge is -2.27. The van der Waals surface area contributed by atoms with Crippen molar-refractivity contribution in [3.8, 4) is 5.75 Å². The molecule has 1 fully saturated rings. The van der Waals surface area contributed by atoms with Gasteiger partial charge in [-0.25, -0.2) is 4.99 Å². The lowest BCUT2D eigenvalue weighted by Crippen LogP contribution is -2.43. The Kier molecular flexibility index (Phi) is 8.58. The molecule has 1 aromatic carbocycles. The molecule has 0 bridgehead atoms. The van der Waals surface area contributed by atoms with Crippen molar-refractivity contribution in [3.05, 3.63) is 29.3 Å². The molecule has 0 amide bonds. The zero-order valence-corrected chi connectivity index (χ0v) is 15.9. The third kappa shape index (κ3) is 6.52. The Morgan fingerprint density at radius 3 is 2.86 bits per heavy atom. The summed E-state index contributed by atoms with van der Waals surface area (Å²) in [4.78, 5) is 6.55. The summed E-state index contributed by atoms with van der Waals surface area (Å²) in [7, 11) is 0. The molecule has 7 heteroatoms. The minimum atomic E-state index is -0.0359. The van der Waals surface area contributed by atoms with E-state index in [9.17, 15) is 0 Å². The van der Waals surface area contributed by atoms with Gasteiger partial charge in [0.15, 0.2) is 5.96 Å². The van der Waals surface area contributed by atoms with Crippen molar-refractivity contribution in [3.63, 3.8) is 0 Å². The van der Waals surface area contributed by atoms with Gasteiger partial charge in [-0.05, 0) is 25.1 Å². The number of hydrogen-bond donors (Lipinski definition) is 1. The van der Waals surface area contributed by atoms with Gasteiger partial charge in [0.25, 0.3) is 0 Å². The largest absolute Gasteiger partial charge is 0.489 e. The fraction of sp³-hybridized carbons (Fsp3) is 0.500. The lowest BCUT2D eigenvalue weighted by atomic mass is 10.3. The minimum Gasteiger partial charge on any atom is -0.489 e. The van der Waals surface area contributed by atoms with Crippen LogP contribution in [0.2, 0.25) is 5.02 Å². The van der Waals surface area contributed by atoms with E-state index in [1.54, 1.807) is 6.07 Å². The monoisotopic (exact) mass is 441 g/mol. The maximum Gasteiger partial charge on any atom is 0.191 e. The number of guanidine groups is 1. The smallest absolute Gasteiger partial charge is 0.191 e. The summed E-state index contributed by atoms with van der Waals surface area (Å²) in [6.07, 6.45) is -0.0359. The van der Waals surface area contributed by atoms with Crippen molar-refractivity contribution in [1.82, 2.24) is 4.90 Å². The number of halogens is 2. The molecule has 1 aliphatic rings. The Morgan fingerprint density at radius 2 is 2.19 bits per heavy atom. The number of hydrogen-bond acceptors (Lipinski definition) is 3. The minimum absolute atomic E-state index is 0. The fourth-order valence-electron chi connectivity index (χ4n) is 1.92. The van der Waals surface area contributed by atoms with E-state index in [1.165, 1.54) is 0 Å². The number of aliphatic imine (C=N–C) groups is 1. The Morgan fingerprint density at radius 1 is 1.48 bits per heavy atom. The SMILES string of the molecule is CC(CN=C(N)N1CCSCC1)Oc1cccc(Cl)c1.I. The van der Waals surface area contributed by atoms with Gasteiger partial charge in [-0.1, -0.05) is 17.7 Å². The number of thioether (sulfide) groups is 1. The first-order valence-electron chi connectivity index (χ1n) is 6.70. The summed E-state index contributed by atoms with van der Waals surface area (Å²) in [5.41, 5.74) is 6.00. The first-order chi connectivity index (χ1) is 9.65. The summed E-state index contributed by atoms with van der Waals surface area (Å²) in [6, 6.07) is 7.38. The molecule has 0 saturated carbocycles. The summed E-state index contributed by atoms with van der Waals surface area (Å²) < 4.78 is 5.76. The molecule has 0 spiro atoms. The van der Waals surface area contributed by atoms with E-state index in [1.807, 2.05) is 36.9 Å². The van der Waals surface area contributed by atoms with E-state index in [0.29, 0.717) is 17.5 Å². The lowest BCUT2D eigenvalue weighted by molar-refractivity contribution is 0.230. The summed E-state index contributed by atoms with van der Waals surface area (Å²) in [6.45, 7) is 4.47. The van der Waals surface area contributed by atoms with Crippen LogP contribution < -0.4 is 10.5 Å².